The molecule has 1 fully saturated rings. The molecule has 25 heavy (non-hydrogen) atoms. The topological polar surface area (TPSA) is 84.5 Å². The smallest absolute Gasteiger partial charge is 0.228 e. The van der Waals surface area contributed by atoms with E-state index in [1.54, 1.807) is 19.2 Å². The van der Waals surface area contributed by atoms with Crippen LogP contribution in [0.1, 0.15) is 6.42 Å². The summed E-state index contributed by atoms with van der Waals surface area (Å²) in [4.78, 5) is 12.1. The van der Waals surface area contributed by atoms with Crippen LogP contribution < -0.4 is 15.4 Å². The second kappa shape index (κ2) is 7.14. The summed E-state index contributed by atoms with van der Waals surface area (Å²) in [5.41, 5.74) is 2.45. The maximum absolute atomic E-state index is 12.1. The molecule has 3 rings (SSSR count). The van der Waals surface area contributed by atoms with Crippen LogP contribution in [-0.2, 0) is 14.6 Å². The summed E-state index contributed by atoms with van der Waals surface area (Å²) >= 11 is 0. The van der Waals surface area contributed by atoms with Gasteiger partial charge in [0.05, 0.1) is 24.5 Å². The lowest BCUT2D eigenvalue weighted by molar-refractivity contribution is -0.119. The van der Waals surface area contributed by atoms with Gasteiger partial charge in [-0.05, 0) is 55.0 Å². The maximum Gasteiger partial charge on any atom is 0.228 e. The van der Waals surface area contributed by atoms with Crippen molar-refractivity contribution < 1.29 is 17.9 Å². The minimum atomic E-state index is -3.06. The molecule has 0 saturated carbocycles. The molecule has 132 valence electrons. The number of hydrogen-bond acceptors (Lipinski definition) is 5. The van der Waals surface area contributed by atoms with E-state index in [1.807, 2.05) is 36.4 Å². The van der Waals surface area contributed by atoms with E-state index >= 15 is 0 Å². The first-order valence-corrected chi connectivity index (χ1v) is 9.80. The molecule has 2 aromatic carbocycles. The second-order valence-electron chi connectivity index (χ2n) is 6.02. The highest BCUT2D eigenvalue weighted by molar-refractivity contribution is 7.91. The molecule has 0 spiro atoms. The fraction of sp³-hybridized carbons (Fsp3) is 0.278. The molecule has 0 radical (unpaired) electrons. The van der Waals surface area contributed by atoms with Crippen LogP contribution in [0, 0.1) is 5.92 Å². The maximum atomic E-state index is 12.1. The van der Waals surface area contributed by atoms with Crippen molar-refractivity contribution in [2.45, 2.75) is 6.42 Å². The van der Waals surface area contributed by atoms with Crippen molar-refractivity contribution in [2.75, 3.05) is 29.2 Å². The van der Waals surface area contributed by atoms with Gasteiger partial charge in [0, 0.05) is 17.1 Å². The zero-order valence-electron chi connectivity index (χ0n) is 13.9. The fourth-order valence-corrected chi connectivity index (χ4v) is 4.47. The Morgan fingerprint density at radius 2 is 1.56 bits per heavy atom. The molecule has 0 aliphatic carbocycles. The molecular formula is C18H20N2O4S. The molecule has 1 amide bonds. The average molecular weight is 360 g/mol. The molecule has 2 N–H and O–H groups in total. The van der Waals surface area contributed by atoms with E-state index in [2.05, 4.69) is 10.6 Å². The van der Waals surface area contributed by atoms with E-state index in [9.17, 15) is 13.2 Å². The zero-order chi connectivity index (χ0) is 17.9. The summed E-state index contributed by atoms with van der Waals surface area (Å²) in [6.45, 7) is 0. The normalized spacial score (nSPS) is 18.5. The molecule has 0 bridgehead atoms. The molecule has 1 atom stereocenters. The molecule has 1 saturated heterocycles. The average Bonchev–Trinajstić information content (AvgIpc) is 2.97. The lowest BCUT2D eigenvalue weighted by Crippen LogP contribution is -2.23. The summed E-state index contributed by atoms with van der Waals surface area (Å²) in [5, 5.41) is 6.03. The van der Waals surface area contributed by atoms with Crippen molar-refractivity contribution in [1.29, 1.82) is 0 Å². The van der Waals surface area contributed by atoms with Crippen molar-refractivity contribution in [1.82, 2.24) is 0 Å². The summed E-state index contributed by atoms with van der Waals surface area (Å²) < 4.78 is 28.0. The van der Waals surface area contributed by atoms with Crippen LogP contribution >= 0.6 is 0 Å². The molecule has 0 aromatic heterocycles. The summed E-state index contributed by atoms with van der Waals surface area (Å²) in [7, 11) is -1.44. The van der Waals surface area contributed by atoms with Crippen molar-refractivity contribution in [3.63, 3.8) is 0 Å². The first-order chi connectivity index (χ1) is 11.9. The van der Waals surface area contributed by atoms with Crippen LogP contribution in [0.5, 0.6) is 5.75 Å². The molecular weight excluding hydrogens is 340 g/mol. The Balaban J connectivity index is 1.59. The summed E-state index contributed by atoms with van der Waals surface area (Å²) in [5.74, 6) is 0.128. The van der Waals surface area contributed by atoms with Crippen molar-refractivity contribution in [3.8, 4) is 5.75 Å². The number of methoxy groups -OCH3 is 1. The minimum absolute atomic E-state index is 0.0596. The van der Waals surface area contributed by atoms with Crippen molar-refractivity contribution in [2.24, 2.45) is 5.92 Å². The van der Waals surface area contributed by atoms with Crippen molar-refractivity contribution >= 4 is 32.8 Å². The van der Waals surface area contributed by atoms with Crippen LogP contribution in [0.15, 0.2) is 48.5 Å². The molecule has 1 aliphatic rings. The molecule has 1 aliphatic heterocycles. The Bertz CT molecular complexity index is 846. The van der Waals surface area contributed by atoms with Gasteiger partial charge in [-0.3, -0.25) is 4.79 Å². The second-order valence-corrected chi connectivity index (χ2v) is 8.25. The largest absolute Gasteiger partial charge is 0.497 e. The van der Waals surface area contributed by atoms with Gasteiger partial charge in [0.25, 0.3) is 0 Å². The van der Waals surface area contributed by atoms with E-state index < -0.39 is 15.8 Å². The molecule has 1 unspecified atom stereocenters. The number of anilines is 3. The number of benzene rings is 2. The predicted octanol–water partition coefficient (Wildman–Crippen LogP) is 2.81. The Hall–Kier alpha value is -2.54. The van der Waals surface area contributed by atoms with Gasteiger partial charge in [0.15, 0.2) is 9.84 Å². The van der Waals surface area contributed by atoms with Crippen LogP contribution in [-0.4, -0.2) is 32.9 Å². The number of ether oxygens (including phenoxy) is 1. The molecule has 6 nitrogen and oxygen atoms in total. The Labute approximate surface area is 147 Å². The van der Waals surface area contributed by atoms with E-state index in [0.29, 0.717) is 12.1 Å². The van der Waals surface area contributed by atoms with E-state index in [4.69, 9.17) is 4.74 Å². The number of carbonyl (C=O) groups excluding carboxylic acids is 1. The standard InChI is InChI=1S/C18H20N2O4S/c1-24-17-8-6-15(7-9-17)19-14-2-4-16(5-3-14)20-18(21)13-10-11-25(22,23)12-13/h2-9,13,19H,10-12H2,1H3,(H,20,21). The lowest BCUT2D eigenvalue weighted by atomic mass is 10.1. The number of amides is 1. The predicted molar refractivity (Wildman–Crippen MR) is 98.1 cm³/mol. The number of hydrogen-bond donors (Lipinski definition) is 2. The van der Waals surface area contributed by atoms with Gasteiger partial charge in [-0.25, -0.2) is 8.42 Å². The SMILES string of the molecule is COc1ccc(Nc2ccc(NC(=O)C3CCS(=O)(=O)C3)cc2)cc1. The highest BCUT2D eigenvalue weighted by Gasteiger charge is 2.32. The summed E-state index contributed by atoms with van der Waals surface area (Å²) in [6, 6.07) is 14.8. The fourth-order valence-electron chi connectivity index (χ4n) is 2.72. The quantitative estimate of drug-likeness (QED) is 0.856. The number of nitrogens with one attached hydrogen (secondary N) is 2. The van der Waals surface area contributed by atoms with Gasteiger partial charge in [0.2, 0.25) is 5.91 Å². The third-order valence-electron chi connectivity index (χ3n) is 4.13. The van der Waals surface area contributed by atoms with E-state index in [0.717, 1.165) is 17.1 Å². The Morgan fingerprint density at radius 3 is 2.08 bits per heavy atom. The first-order valence-electron chi connectivity index (χ1n) is 7.98. The third kappa shape index (κ3) is 4.51. The zero-order valence-corrected chi connectivity index (χ0v) is 14.7. The van der Waals surface area contributed by atoms with Crippen LogP contribution in [0.2, 0.25) is 0 Å². The van der Waals surface area contributed by atoms with E-state index in [-0.39, 0.29) is 17.4 Å². The van der Waals surface area contributed by atoms with Gasteiger partial charge in [0.1, 0.15) is 5.75 Å². The van der Waals surface area contributed by atoms with Gasteiger partial charge < -0.3 is 15.4 Å². The minimum Gasteiger partial charge on any atom is -0.497 e. The van der Waals surface area contributed by atoms with Crippen LogP contribution in [0.25, 0.3) is 0 Å². The monoisotopic (exact) mass is 360 g/mol. The number of rotatable bonds is 5. The highest BCUT2D eigenvalue weighted by Crippen LogP contribution is 2.23. The van der Waals surface area contributed by atoms with Gasteiger partial charge in [-0.2, -0.15) is 0 Å². The first kappa shape index (κ1) is 17.3. The summed E-state index contributed by atoms with van der Waals surface area (Å²) in [6.07, 6.45) is 0.394. The van der Waals surface area contributed by atoms with Gasteiger partial charge >= 0.3 is 0 Å². The van der Waals surface area contributed by atoms with Gasteiger partial charge in [-0.15, -0.1) is 0 Å². The van der Waals surface area contributed by atoms with Gasteiger partial charge in [-0.1, -0.05) is 0 Å². The highest BCUT2D eigenvalue weighted by atomic mass is 32.2. The number of carbonyl (C=O) groups is 1. The molecule has 1 heterocycles. The Kier molecular flexibility index (Phi) is 4.94. The lowest BCUT2D eigenvalue weighted by Gasteiger charge is -2.11. The molecule has 2 aromatic rings. The third-order valence-corrected chi connectivity index (χ3v) is 5.90. The number of sulfone groups is 1. The Morgan fingerprint density at radius 1 is 1.00 bits per heavy atom. The molecule has 7 heteroatoms. The van der Waals surface area contributed by atoms with Crippen LogP contribution in [0.4, 0.5) is 17.1 Å². The van der Waals surface area contributed by atoms with Crippen molar-refractivity contribution in [3.05, 3.63) is 48.5 Å². The van der Waals surface area contributed by atoms with E-state index in [1.165, 1.54) is 0 Å². The van der Waals surface area contributed by atoms with Crippen LogP contribution in [0.3, 0.4) is 0 Å².